The Labute approximate surface area is 104 Å². The fraction of sp³-hybridized carbons (Fsp3) is 0.182. The lowest BCUT2D eigenvalue weighted by atomic mass is 10.1. The highest BCUT2D eigenvalue weighted by molar-refractivity contribution is 7.91. The number of fused-ring (bicyclic) bond motifs is 1. The van der Waals surface area contributed by atoms with Gasteiger partial charge in [-0.2, -0.15) is 5.26 Å². The van der Waals surface area contributed by atoms with Gasteiger partial charge >= 0.3 is 0 Å². The molecule has 0 bridgehead atoms. The second kappa shape index (κ2) is 4.06. The number of sulfone groups is 1. The second-order valence-corrected chi connectivity index (χ2v) is 6.10. The molecule has 0 aliphatic carbocycles. The van der Waals surface area contributed by atoms with Gasteiger partial charge in [0.05, 0.1) is 22.9 Å². The van der Waals surface area contributed by atoms with E-state index in [0.717, 1.165) is 6.26 Å². The van der Waals surface area contributed by atoms with Gasteiger partial charge in [-0.05, 0) is 6.07 Å². The molecule has 0 aliphatic rings. The molecule has 17 heavy (non-hydrogen) atoms. The van der Waals surface area contributed by atoms with Crippen LogP contribution in [0.2, 0.25) is 5.02 Å². The van der Waals surface area contributed by atoms with Gasteiger partial charge in [-0.25, -0.2) is 8.42 Å². The number of rotatable bonds is 2. The van der Waals surface area contributed by atoms with Crippen LogP contribution in [0.3, 0.4) is 0 Å². The molecular formula is C11H9ClN2O2S. The first-order valence-electron chi connectivity index (χ1n) is 4.80. The molecule has 0 unspecified atom stereocenters. The molecule has 0 amide bonds. The van der Waals surface area contributed by atoms with Crippen LogP contribution < -0.4 is 0 Å². The molecule has 4 nitrogen and oxygen atoms in total. The summed E-state index contributed by atoms with van der Waals surface area (Å²) >= 11 is 5.98. The largest absolute Gasteiger partial charge is 0.360 e. The number of nitrogens with zero attached hydrogens (tertiary/aromatic N) is 1. The van der Waals surface area contributed by atoms with Crippen molar-refractivity contribution in [3.63, 3.8) is 0 Å². The van der Waals surface area contributed by atoms with Gasteiger partial charge in [0.25, 0.3) is 0 Å². The van der Waals surface area contributed by atoms with Crippen molar-refractivity contribution in [3.8, 4) is 6.07 Å². The zero-order valence-corrected chi connectivity index (χ0v) is 10.6. The Morgan fingerprint density at radius 1 is 1.47 bits per heavy atom. The molecule has 0 spiro atoms. The number of nitrogens with one attached hydrogen (secondary N) is 1. The maximum Gasteiger partial charge on any atom is 0.177 e. The summed E-state index contributed by atoms with van der Waals surface area (Å²) in [7, 11) is -3.29. The van der Waals surface area contributed by atoms with Gasteiger partial charge in [0.1, 0.15) is 0 Å². The normalized spacial score (nSPS) is 11.6. The average molecular weight is 269 g/mol. The predicted octanol–water partition coefficient (Wildman–Crippen LogP) is 2.29. The Bertz CT molecular complexity index is 726. The van der Waals surface area contributed by atoms with Gasteiger partial charge in [0.2, 0.25) is 0 Å². The molecule has 1 N–H and O–H groups in total. The predicted molar refractivity (Wildman–Crippen MR) is 65.7 cm³/mol. The van der Waals surface area contributed by atoms with E-state index in [0.29, 0.717) is 21.5 Å². The van der Waals surface area contributed by atoms with Crippen LogP contribution >= 0.6 is 11.6 Å². The van der Waals surface area contributed by atoms with Gasteiger partial charge in [-0.15, -0.1) is 0 Å². The molecule has 1 aromatic carbocycles. The van der Waals surface area contributed by atoms with E-state index in [1.807, 2.05) is 6.07 Å². The van der Waals surface area contributed by atoms with Crippen molar-refractivity contribution < 1.29 is 8.42 Å². The third-order valence-electron chi connectivity index (χ3n) is 2.52. The van der Waals surface area contributed by atoms with Crippen LogP contribution in [0.1, 0.15) is 5.56 Å². The number of aromatic amines is 1. The summed E-state index contributed by atoms with van der Waals surface area (Å²) in [5.41, 5.74) is 1.24. The van der Waals surface area contributed by atoms with Crippen LogP contribution in [0.15, 0.2) is 23.2 Å². The Kier molecular flexibility index (Phi) is 2.86. The molecule has 2 rings (SSSR count). The summed E-state index contributed by atoms with van der Waals surface area (Å²) in [5, 5.41) is 9.76. The second-order valence-electron chi connectivity index (χ2n) is 3.71. The molecule has 1 aromatic heterocycles. The highest BCUT2D eigenvalue weighted by Crippen LogP contribution is 2.30. The van der Waals surface area contributed by atoms with E-state index in [2.05, 4.69) is 4.98 Å². The van der Waals surface area contributed by atoms with Gasteiger partial charge in [-0.1, -0.05) is 17.7 Å². The number of hydrogen-bond donors (Lipinski definition) is 1. The third-order valence-corrected chi connectivity index (χ3v) is 4.01. The van der Waals surface area contributed by atoms with E-state index in [9.17, 15) is 8.42 Å². The molecule has 0 saturated heterocycles. The van der Waals surface area contributed by atoms with E-state index in [4.69, 9.17) is 16.9 Å². The highest BCUT2D eigenvalue weighted by atomic mass is 35.5. The molecule has 88 valence electrons. The fourth-order valence-electron chi connectivity index (χ4n) is 1.77. The van der Waals surface area contributed by atoms with Gasteiger partial charge < -0.3 is 4.98 Å². The molecule has 0 fully saturated rings. The van der Waals surface area contributed by atoms with Gasteiger partial charge in [-0.3, -0.25) is 0 Å². The van der Waals surface area contributed by atoms with E-state index in [1.54, 1.807) is 12.1 Å². The van der Waals surface area contributed by atoms with Crippen molar-refractivity contribution in [2.75, 3.05) is 6.26 Å². The lowest BCUT2D eigenvalue weighted by molar-refractivity contribution is 0.602. The number of halogens is 1. The first-order valence-corrected chi connectivity index (χ1v) is 7.07. The summed E-state index contributed by atoms with van der Waals surface area (Å²) < 4.78 is 23.1. The number of benzene rings is 1. The summed E-state index contributed by atoms with van der Waals surface area (Å²) in [6.45, 7) is 0. The minimum atomic E-state index is -3.29. The van der Waals surface area contributed by atoms with Gasteiger partial charge in [0.15, 0.2) is 9.84 Å². The van der Waals surface area contributed by atoms with Crippen LogP contribution in [0, 0.1) is 11.3 Å². The van der Waals surface area contributed by atoms with Crippen LogP contribution in [-0.4, -0.2) is 19.7 Å². The zero-order valence-electron chi connectivity index (χ0n) is 8.99. The molecule has 2 aromatic rings. The number of aromatic nitrogens is 1. The molecule has 0 saturated carbocycles. The van der Waals surface area contributed by atoms with E-state index < -0.39 is 9.84 Å². The van der Waals surface area contributed by atoms with Crippen molar-refractivity contribution in [3.05, 3.63) is 28.9 Å². The minimum absolute atomic E-state index is 0.139. The van der Waals surface area contributed by atoms with Crippen molar-refractivity contribution in [2.24, 2.45) is 0 Å². The topological polar surface area (TPSA) is 73.7 Å². The Hall–Kier alpha value is -1.51. The smallest absolute Gasteiger partial charge is 0.177 e. The maximum atomic E-state index is 11.5. The lowest BCUT2D eigenvalue weighted by Gasteiger charge is -2.02. The van der Waals surface area contributed by atoms with Crippen LogP contribution in [0.5, 0.6) is 0 Å². The van der Waals surface area contributed by atoms with Crippen molar-refractivity contribution in [1.82, 2.24) is 4.98 Å². The van der Waals surface area contributed by atoms with E-state index in [1.165, 1.54) is 6.20 Å². The molecule has 0 aliphatic heterocycles. The van der Waals surface area contributed by atoms with Crippen molar-refractivity contribution in [2.45, 2.75) is 11.3 Å². The van der Waals surface area contributed by atoms with E-state index >= 15 is 0 Å². The first-order chi connectivity index (χ1) is 7.95. The highest BCUT2D eigenvalue weighted by Gasteiger charge is 2.16. The standard InChI is InChI=1S/C11H9ClN2O2S/c1-17(15,16)10-6-14-11-7(4-5-13)9(12)3-2-8(10)11/h2-3,6,14H,4H2,1H3. The van der Waals surface area contributed by atoms with Crippen LogP contribution in [0.4, 0.5) is 0 Å². The van der Waals surface area contributed by atoms with Crippen molar-refractivity contribution >= 4 is 32.3 Å². The summed E-state index contributed by atoms with van der Waals surface area (Å²) in [6, 6.07) is 5.27. The first kappa shape index (κ1) is 12.0. The number of nitriles is 1. The SMILES string of the molecule is CS(=O)(=O)c1c[nH]c2c(CC#N)c(Cl)ccc12. The summed E-state index contributed by atoms with van der Waals surface area (Å²) in [5.74, 6) is 0. The third kappa shape index (κ3) is 2.02. The lowest BCUT2D eigenvalue weighted by Crippen LogP contribution is -1.95. The Morgan fingerprint density at radius 2 is 2.18 bits per heavy atom. The zero-order chi connectivity index (χ0) is 12.6. The molecule has 1 heterocycles. The molecule has 0 atom stereocenters. The van der Waals surface area contributed by atoms with Crippen LogP contribution in [-0.2, 0) is 16.3 Å². The maximum absolute atomic E-state index is 11.5. The fourth-order valence-corrected chi connectivity index (χ4v) is 2.83. The summed E-state index contributed by atoms with van der Waals surface area (Å²) in [4.78, 5) is 3.10. The van der Waals surface area contributed by atoms with Gasteiger partial charge in [0, 0.05) is 28.4 Å². The molecular weight excluding hydrogens is 260 g/mol. The Balaban J connectivity index is 2.83. The van der Waals surface area contributed by atoms with Crippen molar-refractivity contribution in [1.29, 1.82) is 5.26 Å². The monoisotopic (exact) mass is 268 g/mol. The quantitative estimate of drug-likeness (QED) is 0.908. The number of H-pyrrole nitrogens is 1. The molecule has 0 radical (unpaired) electrons. The summed E-state index contributed by atoms with van der Waals surface area (Å²) in [6.07, 6.45) is 2.71. The Morgan fingerprint density at radius 3 is 2.76 bits per heavy atom. The minimum Gasteiger partial charge on any atom is -0.360 e. The van der Waals surface area contributed by atoms with E-state index in [-0.39, 0.29) is 11.3 Å². The number of hydrogen-bond acceptors (Lipinski definition) is 3. The van der Waals surface area contributed by atoms with Crippen LogP contribution in [0.25, 0.3) is 10.9 Å². The average Bonchev–Trinajstić information content (AvgIpc) is 2.65. The molecule has 6 heteroatoms.